The highest BCUT2D eigenvalue weighted by atomic mass is 16.5. The van der Waals surface area contributed by atoms with Gasteiger partial charge in [0.25, 0.3) is 0 Å². The molecule has 3 N–H and O–H groups in total. The Morgan fingerprint density at radius 2 is 2.00 bits per heavy atom. The van der Waals surface area contributed by atoms with Crippen molar-refractivity contribution in [1.82, 2.24) is 5.32 Å². The SMILES string of the molecule is NC1CCC(CCC(=O)NC2CCOC2)CC1. The molecule has 1 saturated carbocycles. The average molecular weight is 240 g/mol. The zero-order valence-electron chi connectivity index (χ0n) is 10.5. The first-order chi connectivity index (χ1) is 8.24. The van der Waals surface area contributed by atoms with Crippen molar-refractivity contribution in [2.24, 2.45) is 11.7 Å². The maximum Gasteiger partial charge on any atom is 0.220 e. The number of nitrogens with one attached hydrogen (secondary N) is 1. The first-order valence-corrected chi connectivity index (χ1v) is 6.86. The van der Waals surface area contributed by atoms with E-state index in [2.05, 4.69) is 5.32 Å². The minimum atomic E-state index is 0.190. The third-order valence-electron chi connectivity index (χ3n) is 3.97. The molecule has 1 saturated heterocycles. The van der Waals surface area contributed by atoms with E-state index >= 15 is 0 Å². The summed E-state index contributed by atoms with van der Waals surface area (Å²) in [6.07, 6.45) is 7.29. The van der Waals surface area contributed by atoms with Crippen LogP contribution in [0.15, 0.2) is 0 Å². The second-order valence-corrected chi connectivity index (χ2v) is 5.45. The standard InChI is InChI=1S/C13H24N2O2/c14-11-4-1-10(2-5-11)3-6-13(16)15-12-7-8-17-9-12/h10-12H,1-9,14H2,(H,15,16). The molecule has 4 nitrogen and oxygen atoms in total. The molecule has 0 aromatic heterocycles. The topological polar surface area (TPSA) is 64.4 Å². The van der Waals surface area contributed by atoms with Crippen LogP contribution in [0.25, 0.3) is 0 Å². The first kappa shape index (κ1) is 12.8. The molecule has 0 aromatic carbocycles. The van der Waals surface area contributed by atoms with Gasteiger partial charge in [-0.1, -0.05) is 0 Å². The van der Waals surface area contributed by atoms with E-state index in [1.54, 1.807) is 0 Å². The lowest BCUT2D eigenvalue weighted by Crippen LogP contribution is -2.35. The second-order valence-electron chi connectivity index (χ2n) is 5.45. The Morgan fingerprint density at radius 1 is 1.24 bits per heavy atom. The summed E-state index contributed by atoms with van der Waals surface area (Å²) in [5.41, 5.74) is 5.87. The molecule has 17 heavy (non-hydrogen) atoms. The summed E-state index contributed by atoms with van der Waals surface area (Å²) in [7, 11) is 0. The normalized spacial score (nSPS) is 33.6. The van der Waals surface area contributed by atoms with Crippen LogP contribution in [0.2, 0.25) is 0 Å². The van der Waals surface area contributed by atoms with Crippen molar-refractivity contribution in [3.8, 4) is 0 Å². The van der Waals surface area contributed by atoms with Crippen molar-refractivity contribution in [3.63, 3.8) is 0 Å². The summed E-state index contributed by atoms with van der Waals surface area (Å²) in [5, 5.41) is 3.04. The van der Waals surface area contributed by atoms with Gasteiger partial charge >= 0.3 is 0 Å². The number of hydrogen-bond acceptors (Lipinski definition) is 3. The summed E-state index contributed by atoms with van der Waals surface area (Å²) >= 11 is 0. The van der Waals surface area contributed by atoms with Crippen LogP contribution in [0.3, 0.4) is 0 Å². The lowest BCUT2D eigenvalue weighted by molar-refractivity contribution is -0.122. The van der Waals surface area contributed by atoms with Gasteiger partial charge in [0, 0.05) is 19.1 Å². The Labute approximate surface area is 103 Å². The van der Waals surface area contributed by atoms with Gasteiger partial charge in [0.05, 0.1) is 12.6 Å². The number of hydrogen-bond donors (Lipinski definition) is 2. The molecule has 2 fully saturated rings. The lowest BCUT2D eigenvalue weighted by Gasteiger charge is -2.25. The van der Waals surface area contributed by atoms with Crippen molar-refractivity contribution in [1.29, 1.82) is 0 Å². The Bertz CT molecular complexity index is 244. The molecule has 0 bridgehead atoms. The van der Waals surface area contributed by atoms with Crippen molar-refractivity contribution < 1.29 is 9.53 Å². The quantitative estimate of drug-likeness (QED) is 0.776. The van der Waals surface area contributed by atoms with Crippen LogP contribution in [0.4, 0.5) is 0 Å². The number of carbonyl (C=O) groups excluding carboxylic acids is 1. The summed E-state index contributed by atoms with van der Waals surface area (Å²) in [4.78, 5) is 11.7. The van der Waals surface area contributed by atoms with E-state index in [4.69, 9.17) is 10.5 Å². The predicted molar refractivity (Wildman–Crippen MR) is 66.5 cm³/mol. The van der Waals surface area contributed by atoms with Gasteiger partial charge in [-0.05, 0) is 44.4 Å². The maximum atomic E-state index is 11.7. The highest BCUT2D eigenvalue weighted by Gasteiger charge is 2.21. The van der Waals surface area contributed by atoms with Crippen LogP contribution in [0.1, 0.15) is 44.9 Å². The van der Waals surface area contributed by atoms with Crippen LogP contribution in [0, 0.1) is 5.92 Å². The van der Waals surface area contributed by atoms with Crippen LogP contribution < -0.4 is 11.1 Å². The Morgan fingerprint density at radius 3 is 2.65 bits per heavy atom. The molecule has 1 atom stereocenters. The molecule has 1 amide bonds. The molecule has 1 heterocycles. The molecular formula is C13H24N2O2. The number of ether oxygens (including phenoxy) is 1. The van der Waals surface area contributed by atoms with Gasteiger partial charge in [0.15, 0.2) is 0 Å². The fraction of sp³-hybridized carbons (Fsp3) is 0.923. The molecule has 2 rings (SSSR count). The first-order valence-electron chi connectivity index (χ1n) is 6.86. The van der Waals surface area contributed by atoms with Gasteiger partial charge < -0.3 is 15.8 Å². The Balaban J connectivity index is 1.59. The van der Waals surface area contributed by atoms with Gasteiger partial charge in [-0.15, -0.1) is 0 Å². The van der Waals surface area contributed by atoms with Crippen LogP contribution in [-0.4, -0.2) is 31.2 Å². The fourth-order valence-electron chi connectivity index (χ4n) is 2.76. The highest BCUT2D eigenvalue weighted by Crippen LogP contribution is 2.26. The average Bonchev–Trinajstić information content (AvgIpc) is 2.81. The van der Waals surface area contributed by atoms with Crippen LogP contribution in [-0.2, 0) is 9.53 Å². The molecule has 98 valence electrons. The van der Waals surface area contributed by atoms with E-state index in [1.807, 2.05) is 0 Å². The highest BCUT2D eigenvalue weighted by molar-refractivity contribution is 5.76. The Kier molecular flexibility index (Phi) is 4.80. The largest absolute Gasteiger partial charge is 0.379 e. The molecule has 0 spiro atoms. The van der Waals surface area contributed by atoms with E-state index in [0.29, 0.717) is 25.0 Å². The van der Waals surface area contributed by atoms with E-state index < -0.39 is 0 Å². The second kappa shape index (κ2) is 6.36. The number of amides is 1. The molecular weight excluding hydrogens is 216 g/mol. The smallest absolute Gasteiger partial charge is 0.220 e. The summed E-state index contributed by atoms with van der Waals surface area (Å²) in [6.45, 7) is 1.47. The molecule has 1 aliphatic heterocycles. The van der Waals surface area contributed by atoms with Crippen LogP contribution >= 0.6 is 0 Å². The minimum Gasteiger partial charge on any atom is -0.379 e. The minimum absolute atomic E-state index is 0.190. The summed E-state index contributed by atoms with van der Waals surface area (Å²) < 4.78 is 5.24. The van der Waals surface area contributed by atoms with Crippen molar-refractivity contribution >= 4 is 5.91 Å². The molecule has 4 heteroatoms. The fourth-order valence-corrected chi connectivity index (χ4v) is 2.76. The monoisotopic (exact) mass is 240 g/mol. The van der Waals surface area contributed by atoms with Crippen LogP contribution in [0.5, 0.6) is 0 Å². The predicted octanol–water partition coefficient (Wildman–Crippen LogP) is 1.19. The van der Waals surface area contributed by atoms with E-state index in [9.17, 15) is 4.79 Å². The number of carbonyl (C=O) groups is 1. The van der Waals surface area contributed by atoms with E-state index in [-0.39, 0.29) is 11.9 Å². The third-order valence-corrected chi connectivity index (χ3v) is 3.97. The van der Waals surface area contributed by atoms with Gasteiger partial charge in [-0.2, -0.15) is 0 Å². The van der Waals surface area contributed by atoms with Gasteiger partial charge in [-0.25, -0.2) is 0 Å². The zero-order valence-corrected chi connectivity index (χ0v) is 10.5. The molecule has 1 unspecified atom stereocenters. The molecule has 1 aliphatic carbocycles. The van der Waals surface area contributed by atoms with Gasteiger partial charge in [0.1, 0.15) is 0 Å². The molecule has 0 aromatic rings. The third kappa shape index (κ3) is 4.28. The lowest BCUT2D eigenvalue weighted by atomic mass is 9.84. The number of rotatable bonds is 4. The Hall–Kier alpha value is -0.610. The van der Waals surface area contributed by atoms with Crippen molar-refractivity contribution in [3.05, 3.63) is 0 Å². The molecule has 2 aliphatic rings. The van der Waals surface area contributed by atoms with E-state index in [1.165, 1.54) is 12.8 Å². The zero-order chi connectivity index (χ0) is 12.1. The number of nitrogens with two attached hydrogens (primary N) is 1. The summed E-state index contributed by atoms with van der Waals surface area (Å²) in [5.74, 6) is 0.899. The van der Waals surface area contributed by atoms with Gasteiger partial charge in [-0.3, -0.25) is 4.79 Å². The maximum absolute atomic E-state index is 11.7. The van der Waals surface area contributed by atoms with Crippen molar-refractivity contribution in [2.75, 3.05) is 13.2 Å². The summed E-state index contributed by atoms with van der Waals surface area (Å²) in [6, 6.07) is 0.651. The van der Waals surface area contributed by atoms with Gasteiger partial charge in [0.2, 0.25) is 5.91 Å². The van der Waals surface area contributed by atoms with E-state index in [0.717, 1.165) is 32.3 Å². The molecule has 0 radical (unpaired) electrons. The van der Waals surface area contributed by atoms with Crippen molar-refractivity contribution in [2.45, 2.75) is 57.0 Å².